The van der Waals surface area contributed by atoms with Crippen LogP contribution in [0.15, 0.2) is 47.1 Å². The average molecular weight is 359 g/mol. The highest BCUT2D eigenvalue weighted by molar-refractivity contribution is 6.39. The number of nitro benzene ring substituents is 1. The summed E-state index contributed by atoms with van der Waals surface area (Å²) in [4.78, 5) is 34.4. The molecule has 1 aliphatic carbocycles. The van der Waals surface area contributed by atoms with Crippen LogP contribution in [-0.4, -0.2) is 28.4 Å². The van der Waals surface area contributed by atoms with Gasteiger partial charge in [-0.2, -0.15) is 0 Å². The monoisotopic (exact) mass is 359 g/mol. The van der Waals surface area contributed by atoms with E-state index in [1.807, 2.05) is 0 Å². The smallest absolute Gasteiger partial charge is 0.313 e. The molecular formula is C17H17N3O6. The minimum Gasteiger partial charge on any atom is -0.466 e. The van der Waals surface area contributed by atoms with Gasteiger partial charge in [-0.05, 0) is 37.0 Å². The van der Waals surface area contributed by atoms with Gasteiger partial charge in [-0.1, -0.05) is 12.1 Å². The molecule has 1 aliphatic rings. The highest BCUT2D eigenvalue weighted by Gasteiger charge is 2.47. The standard InChI is InChI=1S/C17H17N3O6/c21-15(16(22)19-12-4-1-2-5-13(12)20(24)25)18-10-17(23,11-7-8-11)14-6-3-9-26-14/h1-6,9,11,23H,7-8,10H2,(H,18,21)(H,19,22). The van der Waals surface area contributed by atoms with Gasteiger partial charge >= 0.3 is 11.8 Å². The summed E-state index contributed by atoms with van der Waals surface area (Å²) in [6.07, 6.45) is 3.00. The molecule has 3 rings (SSSR count). The van der Waals surface area contributed by atoms with Crippen molar-refractivity contribution < 1.29 is 24.0 Å². The van der Waals surface area contributed by atoms with Gasteiger partial charge in [-0.15, -0.1) is 0 Å². The molecule has 1 heterocycles. The van der Waals surface area contributed by atoms with Gasteiger partial charge in [0.1, 0.15) is 17.0 Å². The van der Waals surface area contributed by atoms with E-state index < -0.39 is 22.3 Å². The summed E-state index contributed by atoms with van der Waals surface area (Å²) in [5.41, 5.74) is -1.79. The normalized spacial score (nSPS) is 15.7. The van der Waals surface area contributed by atoms with Crippen molar-refractivity contribution >= 4 is 23.2 Å². The van der Waals surface area contributed by atoms with Crippen molar-refractivity contribution in [3.63, 3.8) is 0 Å². The summed E-state index contributed by atoms with van der Waals surface area (Å²) in [6, 6.07) is 8.74. The van der Waals surface area contributed by atoms with Crippen molar-refractivity contribution in [3.8, 4) is 0 Å². The number of para-hydroxylation sites is 2. The van der Waals surface area contributed by atoms with E-state index in [0.29, 0.717) is 5.76 Å². The molecule has 0 bridgehead atoms. The maximum atomic E-state index is 12.1. The van der Waals surface area contributed by atoms with E-state index in [2.05, 4.69) is 10.6 Å². The molecule has 0 spiro atoms. The summed E-state index contributed by atoms with van der Waals surface area (Å²) < 4.78 is 5.25. The van der Waals surface area contributed by atoms with Crippen molar-refractivity contribution in [3.05, 3.63) is 58.5 Å². The van der Waals surface area contributed by atoms with Gasteiger partial charge in [0.15, 0.2) is 0 Å². The van der Waals surface area contributed by atoms with Crippen molar-refractivity contribution in [1.82, 2.24) is 5.32 Å². The van der Waals surface area contributed by atoms with Crippen LogP contribution in [0.2, 0.25) is 0 Å². The van der Waals surface area contributed by atoms with Crippen LogP contribution < -0.4 is 10.6 Å². The summed E-state index contributed by atoms with van der Waals surface area (Å²) in [7, 11) is 0. The molecule has 2 amide bonds. The Morgan fingerprint density at radius 3 is 2.58 bits per heavy atom. The van der Waals surface area contributed by atoms with Gasteiger partial charge in [-0.3, -0.25) is 19.7 Å². The van der Waals surface area contributed by atoms with Crippen LogP contribution in [0.3, 0.4) is 0 Å². The number of amides is 2. The lowest BCUT2D eigenvalue weighted by molar-refractivity contribution is -0.383. The van der Waals surface area contributed by atoms with Crippen molar-refractivity contribution in [2.24, 2.45) is 5.92 Å². The minimum atomic E-state index is -1.39. The van der Waals surface area contributed by atoms with E-state index in [4.69, 9.17) is 4.42 Å². The van der Waals surface area contributed by atoms with Crippen LogP contribution in [0.5, 0.6) is 0 Å². The lowest BCUT2D eigenvalue weighted by Gasteiger charge is -2.26. The quantitative estimate of drug-likeness (QED) is 0.407. The molecular weight excluding hydrogens is 342 g/mol. The van der Waals surface area contributed by atoms with Crippen LogP contribution in [0, 0.1) is 16.0 Å². The third kappa shape index (κ3) is 3.57. The van der Waals surface area contributed by atoms with E-state index in [0.717, 1.165) is 12.8 Å². The van der Waals surface area contributed by atoms with E-state index in [1.165, 1.54) is 30.5 Å². The lowest BCUT2D eigenvalue weighted by atomic mass is 9.94. The Balaban J connectivity index is 1.65. The Bertz CT molecular complexity index is 831. The fourth-order valence-corrected chi connectivity index (χ4v) is 2.73. The average Bonchev–Trinajstić information content (AvgIpc) is 3.34. The molecule has 1 fully saturated rings. The molecule has 136 valence electrons. The molecule has 1 aromatic heterocycles. The summed E-state index contributed by atoms with van der Waals surface area (Å²) in [6.45, 7) is -0.200. The van der Waals surface area contributed by atoms with E-state index in [9.17, 15) is 24.8 Å². The Morgan fingerprint density at radius 1 is 1.23 bits per heavy atom. The zero-order valence-corrected chi connectivity index (χ0v) is 13.7. The molecule has 3 N–H and O–H groups in total. The molecule has 0 aliphatic heterocycles. The first-order valence-corrected chi connectivity index (χ1v) is 8.01. The third-order valence-electron chi connectivity index (χ3n) is 4.27. The Morgan fingerprint density at radius 2 is 1.96 bits per heavy atom. The van der Waals surface area contributed by atoms with Gasteiger partial charge in [0.05, 0.1) is 17.7 Å². The highest BCUT2D eigenvalue weighted by Crippen LogP contribution is 2.45. The van der Waals surface area contributed by atoms with Gasteiger partial charge < -0.3 is 20.2 Å². The van der Waals surface area contributed by atoms with Crippen LogP contribution in [0.25, 0.3) is 0 Å². The maximum absolute atomic E-state index is 12.1. The zero-order valence-electron chi connectivity index (χ0n) is 13.7. The molecule has 0 radical (unpaired) electrons. The predicted octanol–water partition coefficient (Wildman–Crippen LogP) is 1.54. The molecule has 26 heavy (non-hydrogen) atoms. The highest BCUT2D eigenvalue weighted by atomic mass is 16.6. The van der Waals surface area contributed by atoms with Crippen molar-refractivity contribution in [2.75, 3.05) is 11.9 Å². The zero-order chi connectivity index (χ0) is 18.7. The Hall–Kier alpha value is -3.20. The van der Waals surface area contributed by atoms with Crippen LogP contribution in [-0.2, 0) is 15.2 Å². The van der Waals surface area contributed by atoms with Crippen molar-refractivity contribution in [1.29, 1.82) is 0 Å². The number of rotatable bonds is 6. The lowest BCUT2D eigenvalue weighted by Crippen LogP contribution is -2.45. The molecule has 1 unspecified atom stereocenters. The van der Waals surface area contributed by atoms with Crippen LogP contribution >= 0.6 is 0 Å². The van der Waals surface area contributed by atoms with Crippen LogP contribution in [0.4, 0.5) is 11.4 Å². The third-order valence-corrected chi connectivity index (χ3v) is 4.27. The number of aliphatic hydroxyl groups is 1. The number of benzene rings is 1. The second-order valence-corrected chi connectivity index (χ2v) is 6.09. The summed E-state index contributed by atoms with van der Waals surface area (Å²) in [5.74, 6) is -1.81. The number of carbonyl (C=O) groups is 2. The molecule has 1 atom stereocenters. The van der Waals surface area contributed by atoms with Crippen LogP contribution in [0.1, 0.15) is 18.6 Å². The predicted molar refractivity (Wildman–Crippen MR) is 90.1 cm³/mol. The maximum Gasteiger partial charge on any atom is 0.313 e. The van der Waals surface area contributed by atoms with Gasteiger partial charge in [0.2, 0.25) is 0 Å². The van der Waals surface area contributed by atoms with E-state index in [-0.39, 0.29) is 23.8 Å². The molecule has 0 saturated heterocycles. The fourth-order valence-electron chi connectivity index (χ4n) is 2.73. The second-order valence-electron chi connectivity index (χ2n) is 6.09. The number of hydrogen-bond donors (Lipinski definition) is 3. The Kier molecular flexibility index (Phi) is 4.72. The number of hydrogen-bond acceptors (Lipinski definition) is 6. The molecule has 9 nitrogen and oxygen atoms in total. The molecule has 1 saturated carbocycles. The topological polar surface area (TPSA) is 135 Å². The largest absolute Gasteiger partial charge is 0.466 e. The first-order valence-electron chi connectivity index (χ1n) is 8.01. The Labute approximate surface area is 148 Å². The number of anilines is 1. The number of furan rings is 1. The fraction of sp³-hybridized carbons (Fsp3) is 0.294. The summed E-state index contributed by atoms with van der Waals surface area (Å²) in [5, 5.41) is 26.4. The van der Waals surface area contributed by atoms with E-state index in [1.54, 1.807) is 12.1 Å². The number of nitrogens with one attached hydrogen (secondary N) is 2. The minimum absolute atomic E-state index is 0.0628. The summed E-state index contributed by atoms with van der Waals surface area (Å²) >= 11 is 0. The number of carbonyl (C=O) groups excluding carboxylic acids is 2. The van der Waals surface area contributed by atoms with Gasteiger partial charge in [-0.25, -0.2) is 0 Å². The second kappa shape index (κ2) is 6.96. The molecule has 9 heteroatoms. The SMILES string of the molecule is O=C(NCC(O)(c1ccco1)C1CC1)C(=O)Nc1ccccc1[N+](=O)[O-]. The van der Waals surface area contributed by atoms with Gasteiger partial charge in [0, 0.05) is 6.07 Å². The van der Waals surface area contributed by atoms with Crippen molar-refractivity contribution in [2.45, 2.75) is 18.4 Å². The number of nitrogens with zero attached hydrogens (tertiary/aromatic N) is 1. The molecule has 1 aromatic carbocycles. The van der Waals surface area contributed by atoms with Gasteiger partial charge in [0.25, 0.3) is 5.69 Å². The first-order chi connectivity index (χ1) is 12.4. The first kappa shape index (κ1) is 17.6. The van der Waals surface area contributed by atoms with E-state index >= 15 is 0 Å². The number of nitro groups is 1. The molecule has 2 aromatic rings.